The number of piperazine rings is 1. The highest BCUT2D eigenvalue weighted by Crippen LogP contribution is 2.14. The molecule has 0 aliphatic carbocycles. The van der Waals surface area contributed by atoms with E-state index in [1.165, 1.54) is 19.3 Å². The smallest absolute Gasteiger partial charge is 0.239 e. The molecular weight excluding hydrogens is 266 g/mol. The van der Waals surface area contributed by atoms with Gasteiger partial charge < -0.3 is 9.64 Å². The van der Waals surface area contributed by atoms with E-state index in [0.29, 0.717) is 5.91 Å². The van der Waals surface area contributed by atoms with Gasteiger partial charge in [-0.25, -0.2) is 0 Å². The maximum Gasteiger partial charge on any atom is 0.239 e. The Morgan fingerprint density at radius 2 is 1.71 bits per heavy atom. The monoisotopic (exact) mass is 297 g/mol. The molecule has 122 valence electrons. The maximum atomic E-state index is 12.5. The van der Waals surface area contributed by atoms with Gasteiger partial charge in [0.05, 0.1) is 6.04 Å². The molecule has 2 saturated heterocycles. The van der Waals surface area contributed by atoms with Crippen molar-refractivity contribution in [2.24, 2.45) is 0 Å². The van der Waals surface area contributed by atoms with E-state index in [0.717, 1.165) is 58.8 Å². The van der Waals surface area contributed by atoms with Crippen molar-refractivity contribution < 1.29 is 9.53 Å². The largest absolute Gasteiger partial charge is 0.385 e. The molecule has 5 nitrogen and oxygen atoms in total. The number of hydrogen-bond donors (Lipinski definition) is 0. The summed E-state index contributed by atoms with van der Waals surface area (Å²) in [4.78, 5) is 19.4. The van der Waals surface area contributed by atoms with Gasteiger partial charge in [-0.15, -0.1) is 0 Å². The number of nitrogens with zero attached hydrogens (tertiary/aromatic N) is 3. The number of carbonyl (C=O) groups is 1. The molecule has 0 bridgehead atoms. The van der Waals surface area contributed by atoms with Gasteiger partial charge in [0.1, 0.15) is 0 Å². The molecule has 2 heterocycles. The first-order chi connectivity index (χ1) is 10.2. The van der Waals surface area contributed by atoms with Crippen molar-refractivity contribution in [3.8, 4) is 0 Å². The van der Waals surface area contributed by atoms with Crippen molar-refractivity contribution in [3.63, 3.8) is 0 Å². The van der Waals surface area contributed by atoms with E-state index >= 15 is 0 Å². The van der Waals surface area contributed by atoms with Crippen LogP contribution in [0.4, 0.5) is 0 Å². The highest BCUT2D eigenvalue weighted by molar-refractivity contribution is 5.81. The standard InChI is InChI=1S/C16H31N3O2/c1-15(18-8-3-4-9-18)16(20)19-12-10-17(11-13-19)7-5-6-14-21-2/h15H,3-14H2,1-2H3. The van der Waals surface area contributed by atoms with Gasteiger partial charge in [-0.3, -0.25) is 14.6 Å². The van der Waals surface area contributed by atoms with Gasteiger partial charge in [0.25, 0.3) is 0 Å². The van der Waals surface area contributed by atoms with E-state index in [1.54, 1.807) is 7.11 Å². The number of hydrogen-bond acceptors (Lipinski definition) is 4. The molecule has 2 aliphatic rings. The maximum absolute atomic E-state index is 12.5. The van der Waals surface area contributed by atoms with E-state index in [1.807, 2.05) is 0 Å². The lowest BCUT2D eigenvalue weighted by Crippen LogP contribution is -2.53. The molecule has 0 N–H and O–H groups in total. The molecule has 0 saturated carbocycles. The zero-order valence-electron chi connectivity index (χ0n) is 13.7. The molecule has 1 atom stereocenters. The van der Waals surface area contributed by atoms with Crippen molar-refractivity contribution in [1.82, 2.24) is 14.7 Å². The Balaban J connectivity index is 1.66. The summed E-state index contributed by atoms with van der Waals surface area (Å²) in [5.74, 6) is 0.330. The Kier molecular flexibility index (Phi) is 6.93. The van der Waals surface area contributed by atoms with Gasteiger partial charge in [-0.05, 0) is 52.2 Å². The number of methoxy groups -OCH3 is 1. The summed E-state index contributed by atoms with van der Waals surface area (Å²) < 4.78 is 5.08. The summed E-state index contributed by atoms with van der Waals surface area (Å²) in [5, 5.41) is 0. The Bertz CT molecular complexity index is 311. The van der Waals surface area contributed by atoms with Crippen LogP contribution in [0.15, 0.2) is 0 Å². The molecule has 0 aromatic carbocycles. The van der Waals surface area contributed by atoms with Crippen molar-refractivity contribution in [2.45, 2.75) is 38.6 Å². The summed E-state index contributed by atoms with van der Waals surface area (Å²) in [7, 11) is 1.76. The zero-order chi connectivity index (χ0) is 15.1. The van der Waals surface area contributed by atoms with Crippen LogP contribution in [0, 0.1) is 0 Å². The normalized spacial score (nSPS) is 22.7. The van der Waals surface area contributed by atoms with Crippen molar-refractivity contribution in [2.75, 3.05) is 59.5 Å². The third-order valence-electron chi connectivity index (χ3n) is 4.80. The summed E-state index contributed by atoms with van der Waals surface area (Å²) in [6.07, 6.45) is 4.80. The van der Waals surface area contributed by atoms with Crippen LogP contribution in [-0.4, -0.2) is 86.2 Å². The molecule has 21 heavy (non-hydrogen) atoms. The first-order valence-electron chi connectivity index (χ1n) is 8.46. The zero-order valence-corrected chi connectivity index (χ0v) is 13.7. The highest BCUT2D eigenvalue weighted by atomic mass is 16.5. The molecule has 5 heteroatoms. The van der Waals surface area contributed by atoms with Crippen LogP contribution in [-0.2, 0) is 9.53 Å². The van der Waals surface area contributed by atoms with Gasteiger partial charge in [0.2, 0.25) is 5.91 Å². The van der Waals surface area contributed by atoms with Crippen molar-refractivity contribution in [3.05, 3.63) is 0 Å². The van der Waals surface area contributed by atoms with Gasteiger partial charge in [0, 0.05) is 39.9 Å². The Morgan fingerprint density at radius 1 is 1.05 bits per heavy atom. The minimum Gasteiger partial charge on any atom is -0.385 e. The highest BCUT2D eigenvalue weighted by Gasteiger charge is 2.29. The number of rotatable bonds is 7. The number of ether oxygens (including phenoxy) is 1. The SMILES string of the molecule is COCCCCN1CCN(C(=O)C(C)N2CCCC2)CC1. The molecule has 1 amide bonds. The molecule has 0 spiro atoms. The molecule has 0 aromatic heterocycles. The number of likely N-dealkylation sites (tertiary alicyclic amines) is 1. The Morgan fingerprint density at radius 3 is 2.33 bits per heavy atom. The van der Waals surface area contributed by atoms with E-state index < -0.39 is 0 Å². The number of carbonyl (C=O) groups excluding carboxylic acids is 1. The van der Waals surface area contributed by atoms with Gasteiger partial charge in [-0.1, -0.05) is 0 Å². The topological polar surface area (TPSA) is 36.0 Å². The molecule has 2 fully saturated rings. The molecule has 1 unspecified atom stereocenters. The number of unbranched alkanes of at least 4 members (excludes halogenated alkanes) is 1. The summed E-state index contributed by atoms with van der Waals surface area (Å²) in [5.41, 5.74) is 0. The van der Waals surface area contributed by atoms with Crippen LogP contribution in [0.1, 0.15) is 32.6 Å². The van der Waals surface area contributed by atoms with E-state index in [4.69, 9.17) is 4.74 Å². The second-order valence-corrected chi connectivity index (χ2v) is 6.29. The third kappa shape index (κ3) is 4.94. The fourth-order valence-corrected chi connectivity index (χ4v) is 3.32. The summed E-state index contributed by atoms with van der Waals surface area (Å²) in [6.45, 7) is 10.1. The number of amides is 1. The Labute approximate surface area is 129 Å². The van der Waals surface area contributed by atoms with Gasteiger partial charge in [-0.2, -0.15) is 0 Å². The quantitative estimate of drug-likeness (QED) is 0.658. The summed E-state index contributed by atoms with van der Waals surface area (Å²) >= 11 is 0. The van der Waals surface area contributed by atoms with Crippen LogP contribution in [0.2, 0.25) is 0 Å². The van der Waals surface area contributed by atoms with Crippen molar-refractivity contribution >= 4 is 5.91 Å². The summed E-state index contributed by atoms with van der Waals surface area (Å²) in [6, 6.07) is 0.0701. The first-order valence-corrected chi connectivity index (χ1v) is 8.46. The van der Waals surface area contributed by atoms with E-state index in [-0.39, 0.29) is 6.04 Å². The fraction of sp³-hybridized carbons (Fsp3) is 0.938. The molecule has 0 radical (unpaired) electrons. The van der Waals surface area contributed by atoms with E-state index in [2.05, 4.69) is 21.6 Å². The van der Waals surface area contributed by atoms with Crippen LogP contribution in [0.3, 0.4) is 0 Å². The molecule has 2 aliphatic heterocycles. The lowest BCUT2D eigenvalue weighted by molar-refractivity contribution is -0.137. The average molecular weight is 297 g/mol. The van der Waals surface area contributed by atoms with Crippen LogP contribution in [0.5, 0.6) is 0 Å². The third-order valence-corrected chi connectivity index (χ3v) is 4.80. The average Bonchev–Trinajstić information content (AvgIpc) is 3.05. The molecular formula is C16H31N3O2. The minimum absolute atomic E-state index is 0.0701. The van der Waals surface area contributed by atoms with Crippen LogP contribution >= 0.6 is 0 Å². The van der Waals surface area contributed by atoms with Crippen molar-refractivity contribution in [1.29, 1.82) is 0 Å². The second kappa shape index (κ2) is 8.71. The first kappa shape index (κ1) is 16.7. The van der Waals surface area contributed by atoms with Crippen LogP contribution < -0.4 is 0 Å². The minimum atomic E-state index is 0.0701. The van der Waals surface area contributed by atoms with E-state index in [9.17, 15) is 4.79 Å². The van der Waals surface area contributed by atoms with Gasteiger partial charge in [0.15, 0.2) is 0 Å². The second-order valence-electron chi connectivity index (χ2n) is 6.29. The molecule has 0 aromatic rings. The van der Waals surface area contributed by atoms with Crippen LogP contribution in [0.25, 0.3) is 0 Å². The molecule has 2 rings (SSSR count). The Hall–Kier alpha value is -0.650. The lowest BCUT2D eigenvalue weighted by atomic mass is 10.2. The predicted molar refractivity (Wildman–Crippen MR) is 84.4 cm³/mol. The van der Waals surface area contributed by atoms with Gasteiger partial charge >= 0.3 is 0 Å². The predicted octanol–water partition coefficient (Wildman–Crippen LogP) is 1.04. The fourth-order valence-electron chi connectivity index (χ4n) is 3.32. The lowest BCUT2D eigenvalue weighted by Gasteiger charge is -2.37.